The van der Waals surface area contributed by atoms with Crippen LogP contribution in [0.5, 0.6) is 0 Å². The Kier molecular flexibility index (Phi) is 16.2. The lowest BCUT2D eigenvalue weighted by atomic mass is 10.0. The molecule has 0 atom stereocenters. The monoisotopic (exact) mass is 575 g/mol. The van der Waals surface area contributed by atoms with Crippen molar-refractivity contribution in [2.24, 2.45) is 0 Å². The molecule has 0 heterocycles. The number of aliphatic carboxylic acids is 1. The number of benzene rings is 2. The van der Waals surface area contributed by atoms with Crippen molar-refractivity contribution in [3.63, 3.8) is 0 Å². The summed E-state index contributed by atoms with van der Waals surface area (Å²) in [6.07, 6.45) is 12.2. The van der Waals surface area contributed by atoms with Gasteiger partial charge in [-0.1, -0.05) is 108 Å². The maximum Gasteiger partial charge on any atom is 0.416 e. The van der Waals surface area contributed by atoms with E-state index in [9.17, 15) is 27.9 Å². The molecule has 5 nitrogen and oxygen atoms in total. The van der Waals surface area contributed by atoms with Crippen molar-refractivity contribution in [1.29, 1.82) is 0 Å². The van der Waals surface area contributed by atoms with Gasteiger partial charge in [0.05, 0.1) is 11.5 Å². The van der Waals surface area contributed by atoms with E-state index in [-0.39, 0.29) is 25.5 Å². The van der Waals surface area contributed by atoms with Gasteiger partial charge in [-0.2, -0.15) is 13.2 Å². The zero-order valence-corrected chi connectivity index (χ0v) is 24.4. The summed E-state index contributed by atoms with van der Waals surface area (Å²) in [5, 5.41) is 14.2. The maximum absolute atomic E-state index is 12.8. The summed E-state index contributed by atoms with van der Waals surface area (Å²) >= 11 is 0. The minimum absolute atomic E-state index is 0.146. The summed E-state index contributed by atoms with van der Waals surface area (Å²) in [7, 11) is 0. The zero-order chi connectivity index (χ0) is 29.9. The summed E-state index contributed by atoms with van der Waals surface area (Å²) in [5.74, 6) is -1.42. The van der Waals surface area contributed by atoms with Gasteiger partial charge in [0.25, 0.3) is 5.91 Å². The van der Waals surface area contributed by atoms with Crippen molar-refractivity contribution in [2.45, 2.75) is 110 Å². The topological polar surface area (TPSA) is 72.5 Å². The van der Waals surface area contributed by atoms with Crippen molar-refractivity contribution >= 4 is 11.9 Å². The van der Waals surface area contributed by atoms with Crippen molar-refractivity contribution in [3.8, 4) is 0 Å². The molecule has 0 bridgehead atoms. The first-order chi connectivity index (χ1) is 19.7. The lowest BCUT2D eigenvalue weighted by Gasteiger charge is -2.23. The number of carboxylic acids is 1. The number of halogens is 3. The molecule has 0 aliphatic heterocycles. The summed E-state index contributed by atoms with van der Waals surface area (Å²) in [4.78, 5) is 25.3. The molecule has 0 aromatic heterocycles. The van der Waals surface area contributed by atoms with E-state index >= 15 is 0 Å². The van der Waals surface area contributed by atoms with Gasteiger partial charge in [0.15, 0.2) is 0 Å². The number of hydrogen-bond donors (Lipinski definition) is 1. The normalized spacial score (nSPS) is 11.6. The Labute approximate surface area is 243 Å². The van der Waals surface area contributed by atoms with Crippen LogP contribution in [0.15, 0.2) is 48.5 Å². The van der Waals surface area contributed by atoms with Crippen LogP contribution < -0.4 is 10.4 Å². The fourth-order valence-electron chi connectivity index (χ4n) is 4.87. The number of nitrogens with one attached hydrogen (secondary N) is 1. The number of carbonyl (C=O) groups excluding carboxylic acids is 2. The van der Waals surface area contributed by atoms with Crippen LogP contribution in [0.4, 0.5) is 13.2 Å². The van der Waals surface area contributed by atoms with E-state index in [1.54, 1.807) is 29.2 Å². The molecule has 2 aromatic rings. The maximum atomic E-state index is 12.8. The van der Waals surface area contributed by atoms with E-state index in [4.69, 9.17) is 0 Å². The highest BCUT2D eigenvalue weighted by Gasteiger charge is 2.30. The predicted octanol–water partition coefficient (Wildman–Crippen LogP) is 7.28. The van der Waals surface area contributed by atoms with Gasteiger partial charge in [-0.25, -0.2) is 0 Å². The van der Waals surface area contributed by atoms with Gasteiger partial charge >= 0.3 is 6.18 Å². The predicted molar refractivity (Wildman–Crippen MR) is 155 cm³/mol. The molecule has 0 radical (unpaired) electrons. The van der Waals surface area contributed by atoms with Crippen molar-refractivity contribution in [1.82, 2.24) is 10.2 Å². The van der Waals surface area contributed by atoms with E-state index in [2.05, 4.69) is 12.2 Å². The number of amides is 1. The number of carboxylic acid groups (broad SMARTS) is 1. The molecule has 1 amide bonds. The molecule has 0 saturated heterocycles. The van der Waals surface area contributed by atoms with E-state index in [1.807, 2.05) is 0 Å². The summed E-state index contributed by atoms with van der Waals surface area (Å²) < 4.78 is 38.4. The quantitative estimate of drug-likeness (QED) is 0.159. The Morgan fingerprint density at radius 2 is 1.15 bits per heavy atom. The Balaban J connectivity index is 1.66. The van der Waals surface area contributed by atoms with Gasteiger partial charge in [-0.3, -0.25) is 9.69 Å². The first-order valence-electron chi connectivity index (χ1n) is 15.1. The number of carbonyl (C=O) groups is 2. The number of rotatable bonds is 21. The average molecular weight is 576 g/mol. The molecule has 41 heavy (non-hydrogen) atoms. The number of nitrogens with zero attached hydrogens (tertiary/aromatic N) is 1. The average Bonchev–Trinajstić information content (AvgIpc) is 2.93. The third-order valence-electron chi connectivity index (χ3n) is 7.23. The molecule has 228 valence electrons. The smallest absolute Gasteiger partial charge is 0.416 e. The molecule has 0 unspecified atom stereocenters. The van der Waals surface area contributed by atoms with Crippen LogP contribution in [0, 0.1) is 0 Å². The second kappa shape index (κ2) is 19.3. The molecule has 2 aromatic carbocycles. The van der Waals surface area contributed by atoms with E-state index < -0.39 is 17.7 Å². The first kappa shape index (κ1) is 34.3. The zero-order valence-electron chi connectivity index (χ0n) is 24.4. The van der Waals surface area contributed by atoms with Crippen LogP contribution in [-0.2, 0) is 24.1 Å². The number of hydrogen-bond acceptors (Lipinski definition) is 4. The third kappa shape index (κ3) is 15.1. The van der Waals surface area contributed by atoms with E-state index in [0.717, 1.165) is 30.5 Å². The Bertz CT molecular complexity index is 1010. The van der Waals surface area contributed by atoms with Crippen LogP contribution in [0.1, 0.15) is 117 Å². The van der Waals surface area contributed by atoms with Gasteiger partial charge in [0.2, 0.25) is 0 Å². The lowest BCUT2D eigenvalue weighted by Crippen LogP contribution is -2.37. The van der Waals surface area contributed by atoms with E-state index in [1.165, 1.54) is 82.8 Å². The van der Waals surface area contributed by atoms with Crippen LogP contribution in [0.2, 0.25) is 0 Å². The van der Waals surface area contributed by atoms with Crippen LogP contribution in [0.25, 0.3) is 0 Å². The summed E-state index contributed by atoms with van der Waals surface area (Å²) in [5.41, 5.74) is 1.11. The van der Waals surface area contributed by atoms with E-state index in [0.29, 0.717) is 17.7 Å². The summed E-state index contributed by atoms with van der Waals surface area (Å²) in [6.45, 7) is 2.90. The molecule has 2 rings (SSSR count). The largest absolute Gasteiger partial charge is 0.549 e. The highest BCUT2D eigenvalue weighted by Crippen LogP contribution is 2.29. The van der Waals surface area contributed by atoms with Gasteiger partial charge in [-0.15, -0.1) is 0 Å². The minimum atomic E-state index is -4.43. The molecular weight excluding hydrogens is 529 g/mol. The van der Waals surface area contributed by atoms with Crippen LogP contribution >= 0.6 is 0 Å². The second-order valence-electron chi connectivity index (χ2n) is 10.9. The third-order valence-corrected chi connectivity index (χ3v) is 7.23. The molecule has 0 spiro atoms. The molecule has 0 saturated carbocycles. The SMILES string of the molecule is CCCCCCCCCCCCCCCNC(=O)c1ccc(CN(CC(=O)[O-])Cc2ccc(C(F)(F)F)cc2)cc1. The summed E-state index contributed by atoms with van der Waals surface area (Å²) in [6, 6.07) is 11.6. The first-order valence-corrected chi connectivity index (χ1v) is 15.1. The second-order valence-corrected chi connectivity index (χ2v) is 10.9. The highest BCUT2D eigenvalue weighted by molar-refractivity contribution is 5.94. The Hall–Kier alpha value is -2.87. The Morgan fingerprint density at radius 1 is 0.707 bits per heavy atom. The lowest BCUT2D eigenvalue weighted by molar-refractivity contribution is -0.306. The van der Waals surface area contributed by atoms with Crippen molar-refractivity contribution in [2.75, 3.05) is 13.1 Å². The van der Waals surface area contributed by atoms with Crippen LogP contribution in [-0.4, -0.2) is 29.9 Å². The number of unbranched alkanes of at least 4 members (excludes halogenated alkanes) is 12. The van der Waals surface area contributed by atoms with Crippen molar-refractivity contribution < 1.29 is 27.9 Å². The standard InChI is InChI=1S/C33H47F3N2O3/c1-2-3-4-5-6-7-8-9-10-11-12-13-14-23-37-32(41)29-19-15-27(16-20-29)24-38(26-31(39)40)25-28-17-21-30(22-18-28)33(34,35)36/h15-22H,2-14,23-26H2,1H3,(H,37,41)(H,39,40)/p-1. The fraction of sp³-hybridized carbons (Fsp3) is 0.576. The molecule has 1 N–H and O–H groups in total. The van der Waals surface area contributed by atoms with Crippen molar-refractivity contribution in [3.05, 3.63) is 70.8 Å². The molecular formula is C33H46F3N2O3-. The number of alkyl halides is 3. The minimum Gasteiger partial charge on any atom is -0.549 e. The Morgan fingerprint density at radius 3 is 1.59 bits per heavy atom. The fourth-order valence-corrected chi connectivity index (χ4v) is 4.87. The van der Waals surface area contributed by atoms with Gasteiger partial charge in [-0.05, 0) is 41.8 Å². The van der Waals surface area contributed by atoms with Gasteiger partial charge < -0.3 is 15.2 Å². The molecule has 0 aliphatic carbocycles. The highest BCUT2D eigenvalue weighted by atomic mass is 19.4. The molecule has 8 heteroatoms. The molecule has 0 aliphatic rings. The molecule has 0 fully saturated rings. The van der Waals surface area contributed by atoms with Gasteiger partial charge in [0, 0.05) is 31.7 Å². The van der Waals surface area contributed by atoms with Crippen LogP contribution in [0.3, 0.4) is 0 Å². The van der Waals surface area contributed by atoms with Gasteiger partial charge in [0.1, 0.15) is 0 Å².